The average Bonchev–Trinajstić information content (AvgIpc) is 3.04. The molecule has 0 unspecified atom stereocenters. The SMILES string of the molecule is COC(=O)c1ccc2[nH]c(C(=O)NC3CCN(C(C)C)CC3)cc2n1. The zero-order chi connectivity index (χ0) is 18.0. The molecule has 25 heavy (non-hydrogen) atoms. The minimum Gasteiger partial charge on any atom is -0.464 e. The lowest BCUT2D eigenvalue weighted by Gasteiger charge is -2.34. The van der Waals surface area contributed by atoms with Gasteiger partial charge < -0.3 is 19.9 Å². The highest BCUT2D eigenvalue weighted by Gasteiger charge is 2.23. The minimum absolute atomic E-state index is 0.138. The zero-order valence-electron chi connectivity index (χ0n) is 14.8. The lowest BCUT2D eigenvalue weighted by molar-refractivity contribution is 0.0594. The monoisotopic (exact) mass is 344 g/mol. The smallest absolute Gasteiger partial charge is 0.356 e. The number of H-pyrrole nitrogens is 1. The van der Waals surface area contributed by atoms with Crippen LogP contribution in [0.15, 0.2) is 18.2 Å². The number of hydrogen-bond acceptors (Lipinski definition) is 5. The third kappa shape index (κ3) is 3.82. The number of methoxy groups -OCH3 is 1. The maximum Gasteiger partial charge on any atom is 0.356 e. The van der Waals surface area contributed by atoms with Gasteiger partial charge in [0.05, 0.1) is 18.1 Å². The van der Waals surface area contributed by atoms with Gasteiger partial charge in [0.15, 0.2) is 0 Å². The number of amides is 1. The first-order chi connectivity index (χ1) is 12.0. The lowest BCUT2D eigenvalue weighted by atomic mass is 10.0. The Morgan fingerprint density at radius 2 is 2.04 bits per heavy atom. The molecule has 1 aliphatic heterocycles. The topological polar surface area (TPSA) is 87.3 Å². The molecule has 0 spiro atoms. The maximum atomic E-state index is 12.5. The van der Waals surface area contributed by atoms with E-state index >= 15 is 0 Å². The summed E-state index contributed by atoms with van der Waals surface area (Å²) in [5.74, 6) is -0.633. The van der Waals surface area contributed by atoms with Crippen molar-refractivity contribution in [1.29, 1.82) is 0 Å². The van der Waals surface area contributed by atoms with Crippen LogP contribution in [0.1, 0.15) is 47.7 Å². The molecule has 1 fully saturated rings. The molecule has 0 saturated carbocycles. The van der Waals surface area contributed by atoms with Crippen LogP contribution in [0.3, 0.4) is 0 Å². The highest BCUT2D eigenvalue weighted by atomic mass is 16.5. The van der Waals surface area contributed by atoms with Gasteiger partial charge in [-0.05, 0) is 44.9 Å². The minimum atomic E-state index is -0.494. The highest BCUT2D eigenvalue weighted by molar-refractivity contribution is 5.98. The Morgan fingerprint density at radius 1 is 1.32 bits per heavy atom. The molecule has 2 aromatic heterocycles. The van der Waals surface area contributed by atoms with E-state index in [4.69, 9.17) is 0 Å². The van der Waals surface area contributed by atoms with Gasteiger partial charge in [-0.25, -0.2) is 9.78 Å². The van der Waals surface area contributed by atoms with E-state index in [1.165, 1.54) is 7.11 Å². The van der Waals surface area contributed by atoms with Crippen LogP contribution in [-0.4, -0.2) is 59.0 Å². The van der Waals surface area contributed by atoms with Crippen molar-refractivity contribution in [3.05, 3.63) is 29.6 Å². The van der Waals surface area contributed by atoms with E-state index in [1.807, 2.05) is 0 Å². The molecule has 2 aromatic rings. The molecule has 2 N–H and O–H groups in total. The molecule has 134 valence electrons. The molecule has 1 aliphatic rings. The molecule has 3 heterocycles. The number of carbonyl (C=O) groups is 2. The van der Waals surface area contributed by atoms with E-state index in [0.29, 0.717) is 22.8 Å². The van der Waals surface area contributed by atoms with Crippen molar-refractivity contribution in [2.45, 2.75) is 38.8 Å². The number of ether oxygens (including phenoxy) is 1. The van der Waals surface area contributed by atoms with E-state index in [9.17, 15) is 9.59 Å². The number of aromatic nitrogens is 2. The van der Waals surface area contributed by atoms with Crippen LogP contribution in [0.25, 0.3) is 11.0 Å². The van der Waals surface area contributed by atoms with Crippen molar-refractivity contribution < 1.29 is 14.3 Å². The fraction of sp³-hybridized carbons (Fsp3) is 0.500. The number of carbonyl (C=O) groups excluding carboxylic acids is 2. The Kier molecular flexibility index (Phi) is 5.03. The second-order valence-electron chi connectivity index (χ2n) is 6.68. The molecule has 1 amide bonds. The summed E-state index contributed by atoms with van der Waals surface area (Å²) < 4.78 is 4.67. The number of likely N-dealkylation sites (tertiary alicyclic amines) is 1. The van der Waals surface area contributed by atoms with Crippen LogP contribution in [0, 0.1) is 0 Å². The Morgan fingerprint density at radius 3 is 2.68 bits per heavy atom. The lowest BCUT2D eigenvalue weighted by Crippen LogP contribution is -2.46. The number of pyridine rings is 1. The van der Waals surface area contributed by atoms with E-state index in [1.54, 1.807) is 18.2 Å². The standard InChI is InChI=1S/C18H24N4O3/c1-11(2)22-8-6-12(7-9-22)19-17(23)16-10-15-13(20-16)4-5-14(21-15)18(24)25-3/h4-5,10-12,20H,6-9H2,1-3H3,(H,19,23). The third-order valence-electron chi connectivity index (χ3n) is 4.71. The summed E-state index contributed by atoms with van der Waals surface area (Å²) in [6, 6.07) is 5.70. The zero-order valence-corrected chi connectivity index (χ0v) is 14.8. The van der Waals surface area contributed by atoms with Gasteiger partial charge >= 0.3 is 5.97 Å². The molecule has 0 aromatic carbocycles. The predicted octanol–water partition coefficient (Wildman–Crippen LogP) is 1.95. The number of nitrogens with one attached hydrogen (secondary N) is 2. The number of esters is 1. The van der Waals surface area contributed by atoms with Gasteiger partial charge in [0.2, 0.25) is 0 Å². The molecule has 0 radical (unpaired) electrons. The summed E-state index contributed by atoms with van der Waals surface area (Å²) in [6.07, 6.45) is 1.91. The second-order valence-corrected chi connectivity index (χ2v) is 6.68. The van der Waals surface area contributed by atoms with E-state index in [2.05, 4.69) is 38.8 Å². The van der Waals surface area contributed by atoms with Crippen molar-refractivity contribution in [3.63, 3.8) is 0 Å². The number of rotatable bonds is 4. The Bertz CT molecular complexity index is 776. The van der Waals surface area contributed by atoms with Crippen LogP contribution in [-0.2, 0) is 4.74 Å². The quantitative estimate of drug-likeness (QED) is 0.828. The number of nitrogens with zero attached hydrogens (tertiary/aromatic N) is 2. The summed E-state index contributed by atoms with van der Waals surface area (Å²) in [6.45, 7) is 6.39. The summed E-state index contributed by atoms with van der Waals surface area (Å²) in [7, 11) is 1.31. The van der Waals surface area contributed by atoms with Gasteiger partial charge in [-0.3, -0.25) is 4.79 Å². The first-order valence-electron chi connectivity index (χ1n) is 8.61. The fourth-order valence-electron chi connectivity index (χ4n) is 3.17. The molecule has 0 bridgehead atoms. The van der Waals surface area contributed by atoms with Crippen molar-refractivity contribution in [2.75, 3.05) is 20.2 Å². The average molecular weight is 344 g/mol. The molecular formula is C18H24N4O3. The fourth-order valence-corrected chi connectivity index (χ4v) is 3.17. The molecule has 0 atom stereocenters. The number of piperidine rings is 1. The number of fused-ring (bicyclic) bond motifs is 1. The van der Waals surface area contributed by atoms with Crippen molar-refractivity contribution in [1.82, 2.24) is 20.2 Å². The molecule has 0 aliphatic carbocycles. The van der Waals surface area contributed by atoms with Crippen LogP contribution >= 0.6 is 0 Å². The van der Waals surface area contributed by atoms with Crippen LogP contribution in [0.2, 0.25) is 0 Å². The first-order valence-corrected chi connectivity index (χ1v) is 8.61. The van der Waals surface area contributed by atoms with Crippen LogP contribution in [0.4, 0.5) is 0 Å². The van der Waals surface area contributed by atoms with Gasteiger partial charge in [0.1, 0.15) is 11.4 Å². The second kappa shape index (κ2) is 7.23. The highest BCUT2D eigenvalue weighted by Crippen LogP contribution is 2.16. The van der Waals surface area contributed by atoms with Crippen molar-refractivity contribution in [2.24, 2.45) is 0 Å². The number of hydrogen-bond donors (Lipinski definition) is 2. The Labute approximate surface area is 146 Å². The van der Waals surface area contributed by atoms with Gasteiger partial charge in [0, 0.05) is 25.2 Å². The third-order valence-corrected chi connectivity index (χ3v) is 4.71. The van der Waals surface area contributed by atoms with Gasteiger partial charge in [-0.1, -0.05) is 0 Å². The van der Waals surface area contributed by atoms with Crippen LogP contribution in [0.5, 0.6) is 0 Å². The molecule has 3 rings (SSSR count). The molecule has 1 saturated heterocycles. The summed E-state index contributed by atoms with van der Waals surface area (Å²) in [5.41, 5.74) is 1.97. The van der Waals surface area contributed by atoms with Crippen molar-refractivity contribution >= 4 is 22.9 Å². The van der Waals surface area contributed by atoms with Gasteiger partial charge in [-0.2, -0.15) is 0 Å². The van der Waals surface area contributed by atoms with E-state index < -0.39 is 5.97 Å². The predicted molar refractivity (Wildman–Crippen MR) is 94.6 cm³/mol. The largest absolute Gasteiger partial charge is 0.464 e. The van der Waals surface area contributed by atoms with Crippen molar-refractivity contribution in [3.8, 4) is 0 Å². The summed E-state index contributed by atoms with van der Waals surface area (Å²) in [4.78, 5) is 33.8. The molecular weight excluding hydrogens is 320 g/mol. The summed E-state index contributed by atoms with van der Waals surface area (Å²) in [5, 5.41) is 3.09. The first kappa shape index (κ1) is 17.4. The van der Waals surface area contributed by atoms with Crippen LogP contribution < -0.4 is 5.32 Å². The molecule has 7 nitrogen and oxygen atoms in total. The Hall–Kier alpha value is -2.41. The maximum absolute atomic E-state index is 12.5. The normalized spacial score (nSPS) is 16.3. The number of aromatic amines is 1. The Balaban J connectivity index is 1.67. The molecule has 7 heteroatoms. The van der Waals surface area contributed by atoms with E-state index in [-0.39, 0.29) is 17.6 Å². The summed E-state index contributed by atoms with van der Waals surface area (Å²) >= 11 is 0. The van der Waals surface area contributed by atoms with E-state index in [0.717, 1.165) is 25.9 Å². The van der Waals surface area contributed by atoms with Gasteiger partial charge in [-0.15, -0.1) is 0 Å². The van der Waals surface area contributed by atoms with Gasteiger partial charge in [0.25, 0.3) is 5.91 Å².